The summed E-state index contributed by atoms with van der Waals surface area (Å²) in [5.74, 6) is 1.03. The minimum atomic E-state index is 0.401. The van der Waals surface area contributed by atoms with Crippen molar-refractivity contribution in [3.8, 4) is 0 Å². The van der Waals surface area contributed by atoms with Crippen LogP contribution in [0.3, 0.4) is 0 Å². The standard InChI is InChI=1S/C17H28N4/c1-17(2)10-12-21(14-17)16(18-3)19-11-13-20(4)15-8-6-5-7-9-15/h5-9H,10-14H2,1-4H3,(H,18,19). The van der Waals surface area contributed by atoms with Crippen molar-refractivity contribution in [2.45, 2.75) is 20.3 Å². The van der Waals surface area contributed by atoms with Crippen molar-refractivity contribution in [2.24, 2.45) is 10.4 Å². The number of anilines is 1. The molecule has 1 N–H and O–H groups in total. The van der Waals surface area contributed by atoms with Crippen molar-refractivity contribution < 1.29 is 0 Å². The van der Waals surface area contributed by atoms with E-state index in [1.807, 2.05) is 13.1 Å². The van der Waals surface area contributed by atoms with Crippen LogP contribution in [0.2, 0.25) is 0 Å². The van der Waals surface area contributed by atoms with Gasteiger partial charge in [-0.1, -0.05) is 32.0 Å². The molecule has 0 aliphatic carbocycles. The molecular formula is C17H28N4. The fraction of sp³-hybridized carbons (Fsp3) is 0.588. The normalized spacial score (nSPS) is 17.9. The molecule has 116 valence electrons. The second-order valence-electron chi connectivity index (χ2n) is 6.57. The minimum absolute atomic E-state index is 0.401. The monoisotopic (exact) mass is 288 g/mol. The average Bonchev–Trinajstić information content (AvgIpc) is 2.84. The van der Waals surface area contributed by atoms with Gasteiger partial charge in [0.25, 0.3) is 0 Å². The maximum absolute atomic E-state index is 4.42. The Hall–Kier alpha value is -1.71. The fourth-order valence-electron chi connectivity index (χ4n) is 2.77. The van der Waals surface area contributed by atoms with Crippen LogP contribution in [0.15, 0.2) is 35.3 Å². The summed E-state index contributed by atoms with van der Waals surface area (Å²) in [6.07, 6.45) is 1.23. The van der Waals surface area contributed by atoms with E-state index in [0.717, 1.165) is 32.1 Å². The summed E-state index contributed by atoms with van der Waals surface area (Å²) in [6, 6.07) is 10.5. The average molecular weight is 288 g/mol. The molecule has 2 rings (SSSR count). The Morgan fingerprint density at radius 2 is 2.05 bits per heavy atom. The Labute approximate surface area is 128 Å². The fourth-order valence-corrected chi connectivity index (χ4v) is 2.77. The van der Waals surface area contributed by atoms with Gasteiger partial charge >= 0.3 is 0 Å². The van der Waals surface area contributed by atoms with Gasteiger partial charge in [0.05, 0.1) is 0 Å². The van der Waals surface area contributed by atoms with E-state index < -0.39 is 0 Å². The number of aliphatic imine (C=N–C) groups is 1. The van der Waals surface area contributed by atoms with E-state index in [1.54, 1.807) is 0 Å². The van der Waals surface area contributed by atoms with Gasteiger partial charge in [-0.3, -0.25) is 4.99 Å². The van der Waals surface area contributed by atoms with Gasteiger partial charge in [-0.05, 0) is 24.0 Å². The van der Waals surface area contributed by atoms with E-state index in [2.05, 4.69) is 65.3 Å². The van der Waals surface area contributed by atoms with Gasteiger partial charge in [0.15, 0.2) is 5.96 Å². The first-order chi connectivity index (χ1) is 10.0. The molecule has 0 atom stereocenters. The van der Waals surface area contributed by atoms with Crippen LogP contribution >= 0.6 is 0 Å². The third kappa shape index (κ3) is 4.38. The number of likely N-dealkylation sites (tertiary alicyclic amines) is 1. The first kappa shape index (κ1) is 15.7. The smallest absolute Gasteiger partial charge is 0.193 e. The van der Waals surface area contributed by atoms with Crippen LogP contribution in [0.1, 0.15) is 20.3 Å². The third-order valence-electron chi connectivity index (χ3n) is 4.12. The van der Waals surface area contributed by atoms with E-state index >= 15 is 0 Å². The van der Waals surface area contributed by atoms with Gasteiger partial charge in [0.2, 0.25) is 0 Å². The van der Waals surface area contributed by atoms with Crippen molar-refractivity contribution in [3.05, 3.63) is 30.3 Å². The predicted molar refractivity (Wildman–Crippen MR) is 91.0 cm³/mol. The Kier molecular flexibility index (Phi) is 5.10. The van der Waals surface area contributed by atoms with E-state index in [-0.39, 0.29) is 0 Å². The molecule has 0 radical (unpaired) electrons. The van der Waals surface area contributed by atoms with Gasteiger partial charge in [0, 0.05) is 46.0 Å². The summed E-state index contributed by atoms with van der Waals surface area (Å²) in [5.41, 5.74) is 1.65. The Morgan fingerprint density at radius 3 is 2.62 bits per heavy atom. The minimum Gasteiger partial charge on any atom is -0.373 e. The van der Waals surface area contributed by atoms with Crippen molar-refractivity contribution in [1.29, 1.82) is 0 Å². The molecule has 21 heavy (non-hydrogen) atoms. The predicted octanol–water partition coefficient (Wildman–Crippen LogP) is 2.43. The zero-order valence-electron chi connectivity index (χ0n) is 13.8. The van der Waals surface area contributed by atoms with Gasteiger partial charge in [0.1, 0.15) is 0 Å². The topological polar surface area (TPSA) is 30.9 Å². The molecule has 1 aromatic carbocycles. The lowest BCUT2D eigenvalue weighted by Crippen LogP contribution is -2.43. The van der Waals surface area contributed by atoms with Crippen molar-refractivity contribution in [3.63, 3.8) is 0 Å². The molecule has 0 aromatic heterocycles. The first-order valence-electron chi connectivity index (χ1n) is 7.74. The molecule has 4 heteroatoms. The third-order valence-corrected chi connectivity index (χ3v) is 4.12. The van der Waals surface area contributed by atoms with Gasteiger partial charge in [-0.15, -0.1) is 0 Å². The van der Waals surface area contributed by atoms with Crippen molar-refractivity contribution >= 4 is 11.6 Å². The lowest BCUT2D eigenvalue weighted by molar-refractivity contribution is 0.370. The number of likely N-dealkylation sites (N-methyl/N-ethyl adjacent to an activating group) is 1. The highest BCUT2D eigenvalue weighted by molar-refractivity contribution is 5.80. The molecule has 1 aromatic rings. The molecule has 0 bridgehead atoms. The van der Waals surface area contributed by atoms with E-state index in [1.165, 1.54) is 12.1 Å². The molecule has 1 aliphatic rings. The van der Waals surface area contributed by atoms with Crippen LogP contribution < -0.4 is 10.2 Å². The number of benzene rings is 1. The molecule has 0 saturated carbocycles. The molecule has 4 nitrogen and oxygen atoms in total. The molecule has 0 amide bonds. The number of para-hydroxylation sites is 1. The van der Waals surface area contributed by atoms with Crippen LogP contribution in [-0.2, 0) is 0 Å². The second-order valence-corrected chi connectivity index (χ2v) is 6.57. The maximum Gasteiger partial charge on any atom is 0.193 e. The van der Waals surface area contributed by atoms with Crippen LogP contribution in [0.4, 0.5) is 5.69 Å². The molecule has 0 unspecified atom stereocenters. The quantitative estimate of drug-likeness (QED) is 0.682. The van der Waals surface area contributed by atoms with Crippen LogP contribution in [-0.4, -0.2) is 51.1 Å². The highest BCUT2D eigenvalue weighted by Gasteiger charge is 2.30. The van der Waals surface area contributed by atoms with Gasteiger partial charge < -0.3 is 15.1 Å². The molecule has 1 fully saturated rings. The highest BCUT2D eigenvalue weighted by Crippen LogP contribution is 2.28. The maximum atomic E-state index is 4.42. The van der Waals surface area contributed by atoms with E-state index in [9.17, 15) is 0 Å². The second kappa shape index (κ2) is 6.83. The lowest BCUT2D eigenvalue weighted by atomic mass is 9.93. The molecule has 0 spiro atoms. The number of nitrogens with zero attached hydrogens (tertiary/aromatic N) is 3. The zero-order valence-corrected chi connectivity index (χ0v) is 13.8. The number of hydrogen-bond donors (Lipinski definition) is 1. The largest absolute Gasteiger partial charge is 0.373 e. The van der Waals surface area contributed by atoms with Crippen LogP contribution in [0.5, 0.6) is 0 Å². The summed E-state index contributed by atoms with van der Waals surface area (Å²) in [5, 5.41) is 3.48. The molecule has 1 saturated heterocycles. The van der Waals surface area contributed by atoms with Gasteiger partial charge in [-0.25, -0.2) is 0 Å². The molecular weight excluding hydrogens is 260 g/mol. The summed E-state index contributed by atoms with van der Waals surface area (Å²) < 4.78 is 0. The molecule has 1 heterocycles. The SMILES string of the molecule is CN=C(NCCN(C)c1ccccc1)N1CCC(C)(C)C1. The Morgan fingerprint density at radius 1 is 1.33 bits per heavy atom. The molecule has 1 aliphatic heterocycles. The van der Waals surface area contributed by atoms with E-state index in [0.29, 0.717) is 5.41 Å². The summed E-state index contributed by atoms with van der Waals surface area (Å²) >= 11 is 0. The first-order valence-corrected chi connectivity index (χ1v) is 7.74. The van der Waals surface area contributed by atoms with Crippen molar-refractivity contribution in [2.75, 3.05) is 45.2 Å². The van der Waals surface area contributed by atoms with Gasteiger partial charge in [-0.2, -0.15) is 0 Å². The lowest BCUT2D eigenvalue weighted by Gasteiger charge is -2.25. The summed E-state index contributed by atoms with van der Waals surface area (Å²) in [6.45, 7) is 8.69. The number of nitrogens with one attached hydrogen (secondary N) is 1. The number of hydrogen-bond acceptors (Lipinski definition) is 2. The van der Waals surface area contributed by atoms with E-state index in [4.69, 9.17) is 0 Å². The summed E-state index contributed by atoms with van der Waals surface area (Å²) in [4.78, 5) is 9.04. The highest BCUT2D eigenvalue weighted by atomic mass is 15.3. The number of guanidine groups is 1. The van der Waals surface area contributed by atoms with Crippen LogP contribution in [0, 0.1) is 5.41 Å². The Balaban J connectivity index is 1.79. The summed E-state index contributed by atoms with van der Waals surface area (Å²) in [7, 11) is 3.99. The Bertz CT molecular complexity index is 467. The zero-order chi connectivity index (χ0) is 15.3. The van der Waals surface area contributed by atoms with Crippen LogP contribution in [0.25, 0.3) is 0 Å². The number of rotatable bonds is 4. The van der Waals surface area contributed by atoms with Crippen molar-refractivity contribution in [1.82, 2.24) is 10.2 Å².